The van der Waals surface area contributed by atoms with Crippen molar-refractivity contribution in [3.8, 4) is 0 Å². The van der Waals surface area contributed by atoms with E-state index in [4.69, 9.17) is 11.6 Å². The fourth-order valence-corrected chi connectivity index (χ4v) is 4.81. The predicted octanol–water partition coefficient (Wildman–Crippen LogP) is 3.24. The van der Waals surface area contributed by atoms with E-state index in [2.05, 4.69) is 10.3 Å². The van der Waals surface area contributed by atoms with Crippen LogP contribution in [0, 0.1) is 17.6 Å². The molecule has 1 aromatic heterocycles. The Morgan fingerprint density at radius 3 is 2.53 bits per heavy atom. The third kappa shape index (κ3) is 5.05. The molecule has 4 rings (SSSR count). The van der Waals surface area contributed by atoms with E-state index in [0.29, 0.717) is 12.8 Å². The summed E-state index contributed by atoms with van der Waals surface area (Å²) in [6.07, 6.45) is 2.75. The number of likely N-dealkylation sites (tertiary alicyclic amines) is 1. The summed E-state index contributed by atoms with van der Waals surface area (Å²) in [7, 11) is -3.64. The van der Waals surface area contributed by atoms with Gasteiger partial charge >= 0.3 is 0 Å². The van der Waals surface area contributed by atoms with Crippen molar-refractivity contribution in [2.24, 2.45) is 5.92 Å². The number of benzene rings is 1. The molecule has 2 fully saturated rings. The first-order chi connectivity index (χ1) is 16.0. The Hall–Kier alpha value is -2.66. The van der Waals surface area contributed by atoms with Gasteiger partial charge in [-0.2, -0.15) is 0 Å². The highest BCUT2D eigenvalue weighted by Gasteiger charge is 2.43. The van der Waals surface area contributed by atoms with Gasteiger partial charge in [-0.15, -0.1) is 0 Å². The molecule has 1 aliphatic carbocycles. The summed E-state index contributed by atoms with van der Waals surface area (Å²) in [5.74, 6) is -3.23. The van der Waals surface area contributed by atoms with Gasteiger partial charge in [0.2, 0.25) is 5.91 Å². The number of rotatable bonds is 6. The average molecular weight is 516 g/mol. The van der Waals surface area contributed by atoms with Crippen molar-refractivity contribution < 1.29 is 31.2 Å². The number of nitrogens with zero attached hydrogens (tertiary/aromatic N) is 2. The summed E-state index contributed by atoms with van der Waals surface area (Å²) >= 11 is 5.63. The van der Waals surface area contributed by atoms with Crippen LogP contribution in [0.15, 0.2) is 35.5 Å². The molecule has 0 bridgehead atoms. The molecule has 1 aromatic carbocycles. The standard InChI is InChI=1S/C22H21ClF3N3O4S/c1-34(32,33)14-4-12(8-27-9-14)22(31)29-10-13(24)5-19(29)21(30)28-20(11-2-3-11)15-6-18(26)16(23)7-17(15)25/h4,6-9,11,13,19-20H,2-3,5,10H2,1H3,(H,28,30)/t13-,19+,20?/m0/s1. The highest BCUT2D eigenvalue weighted by molar-refractivity contribution is 7.90. The van der Waals surface area contributed by atoms with Crippen molar-refractivity contribution in [2.75, 3.05) is 12.8 Å². The average Bonchev–Trinajstić information content (AvgIpc) is 3.54. The van der Waals surface area contributed by atoms with Gasteiger partial charge in [-0.1, -0.05) is 11.6 Å². The highest BCUT2D eigenvalue weighted by atomic mass is 35.5. The van der Waals surface area contributed by atoms with E-state index in [1.807, 2.05) is 0 Å². The molecule has 1 saturated carbocycles. The lowest BCUT2D eigenvalue weighted by molar-refractivity contribution is -0.125. The summed E-state index contributed by atoms with van der Waals surface area (Å²) < 4.78 is 66.4. The molecule has 1 N–H and O–H groups in total. The van der Waals surface area contributed by atoms with E-state index in [1.165, 1.54) is 0 Å². The third-order valence-corrected chi connectivity index (χ3v) is 7.34. The fraction of sp³-hybridized carbons (Fsp3) is 0.409. The lowest BCUT2D eigenvalue weighted by atomic mass is 10.0. The number of sulfone groups is 1. The summed E-state index contributed by atoms with van der Waals surface area (Å²) in [5, 5.41) is 2.27. The first-order valence-electron chi connectivity index (χ1n) is 10.5. The van der Waals surface area contributed by atoms with E-state index in [9.17, 15) is 31.2 Å². The van der Waals surface area contributed by atoms with Gasteiger partial charge in [0.15, 0.2) is 9.84 Å². The summed E-state index contributed by atoms with van der Waals surface area (Å²) in [5.41, 5.74) is -0.185. The first-order valence-corrected chi connectivity index (χ1v) is 12.8. The van der Waals surface area contributed by atoms with E-state index in [-0.39, 0.29) is 39.9 Å². The Morgan fingerprint density at radius 2 is 1.88 bits per heavy atom. The highest BCUT2D eigenvalue weighted by Crippen LogP contribution is 2.42. The second-order valence-corrected chi connectivity index (χ2v) is 11.0. The zero-order valence-corrected chi connectivity index (χ0v) is 19.5. The fourth-order valence-electron chi connectivity index (χ4n) is 4.07. The second kappa shape index (κ2) is 9.18. The lowest BCUT2D eigenvalue weighted by Gasteiger charge is -2.27. The number of carbonyl (C=O) groups is 2. The number of hydrogen-bond donors (Lipinski definition) is 1. The number of alkyl halides is 1. The van der Waals surface area contributed by atoms with Gasteiger partial charge in [0.1, 0.15) is 23.8 Å². The van der Waals surface area contributed by atoms with Crippen LogP contribution in [0.1, 0.15) is 41.2 Å². The maximum Gasteiger partial charge on any atom is 0.256 e. The Labute approximate surface area is 199 Å². The number of nitrogens with one attached hydrogen (secondary N) is 1. The molecule has 7 nitrogen and oxygen atoms in total. The second-order valence-electron chi connectivity index (χ2n) is 8.60. The summed E-state index contributed by atoms with van der Waals surface area (Å²) in [6, 6.07) is 0.789. The SMILES string of the molecule is CS(=O)(=O)c1cncc(C(=O)N2C[C@@H](F)C[C@@H]2C(=O)NC(c2cc(F)c(Cl)cc2F)C2CC2)c1. The molecule has 3 atom stereocenters. The molecule has 12 heteroatoms. The van der Waals surface area contributed by atoms with Crippen molar-refractivity contribution in [1.82, 2.24) is 15.2 Å². The number of pyridine rings is 1. The molecular weight excluding hydrogens is 495 g/mol. The zero-order valence-electron chi connectivity index (χ0n) is 18.0. The number of aromatic nitrogens is 1. The molecule has 0 spiro atoms. The van der Waals surface area contributed by atoms with E-state index < -0.39 is 51.5 Å². The van der Waals surface area contributed by atoms with E-state index in [1.54, 1.807) is 0 Å². The molecular formula is C22H21ClF3N3O4S. The third-order valence-electron chi connectivity index (χ3n) is 5.97. The quantitative estimate of drug-likeness (QED) is 0.596. The Morgan fingerprint density at radius 1 is 1.18 bits per heavy atom. The van der Waals surface area contributed by atoms with Crippen LogP contribution >= 0.6 is 11.6 Å². The topological polar surface area (TPSA) is 96.4 Å². The van der Waals surface area contributed by atoms with Gasteiger partial charge in [0, 0.05) is 30.6 Å². The molecule has 182 valence electrons. The smallest absolute Gasteiger partial charge is 0.256 e. The van der Waals surface area contributed by atoms with Gasteiger partial charge in [-0.05, 0) is 37.0 Å². The van der Waals surface area contributed by atoms with Gasteiger partial charge < -0.3 is 10.2 Å². The monoisotopic (exact) mass is 515 g/mol. The van der Waals surface area contributed by atoms with Crippen molar-refractivity contribution >= 4 is 33.3 Å². The summed E-state index contributed by atoms with van der Waals surface area (Å²) in [4.78, 5) is 30.7. The molecule has 2 aliphatic rings. The maximum atomic E-state index is 14.5. The minimum atomic E-state index is -3.64. The lowest BCUT2D eigenvalue weighted by Crippen LogP contribution is -2.47. The Kier molecular flexibility index (Phi) is 6.61. The van der Waals surface area contributed by atoms with Crippen molar-refractivity contribution in [1.29, 1.82) is 0 Å². The molecule has 34 heavy (non-hydrogen) atoms. The van der Waals surface area contributed by atoms with Gasteiger partial charge in [-0.25, -0.2) is 21.6 Å². The Bertz CT molecular complexity index is 1260. The Balaban J connectivity index is 1.58. The van der Waals surface area contributed by atoms with Crippen molar-refractivity contribution in [2.45, 2.75) is 42.4 Å². The zero-order chi connectivity index (χ0) is 24.8. The van der Waals surface area contributed by atoms with Crippen LogP contribution < -0.4 is 5.32 Å². The number of hydrogen-bond acceptors (Lipinski definition) is 5. The minimum Gasteiger partial charge on any atom is -0.347 e. The van der Waals surface area contributed by atoms with Gasteiger partial charge in [-0.3, -0.25) is 14.6 Å². The molecule has 1 aliphatic heterocycles. The molecule has 0 radical (unpaired) electrons. The number of carbonyl (C=O) groups excluding carboxylic acids is 2. The molecule has 1 saturated heterocycles. The number of amides is 2. The van der Waals surface area contributed by atoms with Crippen LogP contribution in [-0.4, -0.2) is 55.1 Å². The van der Waals surface area contributed by atoms with Gasteiger partial charge in [0.05, 0.1) is 28.1 Å². The largest absolute Gasteiger partial charge is 0.347 e. The van der Waals surface area contributed by atoms with Gasteiger partial charge in [0.25, 0.3) is 5.91 Å². The van der Waals surface area contributed by atoms with Crippen LogP contribution in [0.3, 0.4) is 0 Å². The van der Waals surface area contributed by atoms with E-state index >= 15 is 0 Å². The molecule has 2 amide bonds. The maximum absolute atomic E-state index is 14.5. The first kappa shape index (κ1) is 24.5. The van der Waals surface area contributed by atoms with Crippen LogP contribution in [0.25, 0.3) is 0 Å². The number of halogens is 4. The van der Waals surface area contributed by atoms with Crippen LogP contribution in [-0.2, 0) is 14.6 Å². The van der Waals surface area contributed by atoms with E-state index in [0.717, 1.165) is 41.7 Å². The molecule has 2 heterocycles. The van der Waals surface area contributed by atoms with Crippen molar-refractivity contribution in [3.63, 3.8) is 0 Å². The molecule has 2 aromatic rings. The van der Waals surface area contributed by atoms with Crippen LogP contribution in [0.5, 0.6) is 0 Å². The molecule has 1 unspecified atom stereocenters. The van der Waals surface area contributed by atoms with Crippen molar-refractivity contribution in [3.05, 3.63) is 58.4 Å². The van der Waals surface area contributed by atoms with Crippen LogP contribution in [0.2, 0.25) is 5.02 Å². The normalized spacial score (nSPS) is 21.4. The summed E-state index contributed by atoms with van der Waals surface area (Å²) in [6.45, 7) is -0.377. The predicted molar refractivity (Wildman–Crippen MR) is 117 cm³/mol. The van der Waals surface area contributed by atoms with Crippen LogP contribution in [0.4, 0.5) is 13.2 Å². The minimum absolute atomic E-state index is 0.0736.